The smallest absolute Gasteiger partial charge is 0.321 e. The van der Waals surface area contributed by atoms with E-state index in [1.807, 2.05) is 49.4 Å². The van der Waals surface area contributed by atoms with Crippen molar-refractivity contribution in [3.63, 3.8) is 0 Å². The molecule has 3 aromatic rings. The summed E-state index contributed by atoms with van der Waals surface area (Å²) in [6, 6.07) is 13.5. The lowest BCUT2D eigenvalue weighted by atomic mass is 10.2. The highest BCUT2D eigenvalue weighted by Crippen LogP contribution is 2.19. The van der Waals surface area contributed by atoms with Crippen LogP contribution in [0.1, 0.15) is 5.69 Å². The van der Waals surface area contributed by atoms with Gasteiger partial charge in [-0.25, -0.2) is 9.97 Å². The Bertz CT molecular complexity index is 681. The van der Waals surface area contributed by atoms with Crippen LogP contribution in [0.2, 0.25) is 0 Å². The number of para-hydroxylation sites is 1. The number of aromatic nitrogens is 4. The molecule has 98 valence electrons. The first-order valence-electron chi connectivity index (χ1n) is 6.17. The molecule has 5 heteroatoms. The summed E-state index contributed by atoms with van der Waals surface area (Å²) in [5.74, 6) is 0.704. The highest BCUT2D eigenvalue weighted by atomic mass is 16.5. The van der Waals surface area contributed by atoms with E-state index < -0.39 is 0 Å². The van der Waals surface area contributed by atoms with Gasteiger partial charge in [0.25, 0.3) is 0 Å². The summed E-state index contributed by atoms with van der Waals surface area (Å²) in [5, 5.41) is 8.10. The van der Waals surface area contributed by atoms with Crippen molar-refractivity contribution in [1.29, 1.82) is 0 Å². The van der Waals surface area contributed by atoms with Crippen LogP contribution >= 0.6 is 0 Å². The maximum atomic E-state index is 5.53. The largest absolute Gasteiger partial charge is 0.424 e. The summed E-state index contributed by atoms with van der Waals surface area (Å²) in [5.41, 5.74) is 2.42. The molecule has 0 bridgehead atoms. The van der Waals surface area contributed by atoms with Crippen LogP contribution in [-0.4, -0.2) is 20.2 Å². The molecule has 20 heavy (non-hydrogen) atoms. The van der Waals surface area contributed by atoms with Gasteiger partial charge in [0.15, 0.2) is 0 Å². The molecule has 0 unspecified atom stereocenters. The minimum atomic E-state index is 0.306. The summed E-state index contributed by atoms with van der Waals surface area (Å²) >= 11 is 0. The minimum absolute atomic E-state index is 0.306. The minimum Gasteiger partial charge on any atom is -0.424 e. The molecule has 2 aromatic heterocycles. The van der Waals surface area contributed by atoms with E-state index in [-0.39, 0.29) is 0 Å². The lowest BCUT2D eigenvalue weighted by Crippen LogP contribution is -1.94. The molecule has 0 spiro atoms. The third-order valence-corrected chi connectivity index (χ3v) is 2.67. The second-order valence-electron chi connectivity index (χ2n) is 4.23. The Balaban J connectivity index is 1.79. The van der Waals surface area contributed by atoms with Crippen LogP contribution in [-0.2, 0) is 0 Å². The van der Waals surface area contributed by atoms with Crippen LogP contribution in [0.3, 0.4) is 0 Å². The first kappa shape index (κ1) is 12.2. The molecular weight excluding hydrogens is 252 g/mol. The molecule has 0 atom stereocenters. The standard InChI is InChI=1S/C15H12N4O/c1-11-7-8-14(19-18-11)12-9-16-15(17-10-12)20-13-5-3-2-4-6-13/h2-10H,1H3. The van der Waals surface area contributed by atoms with Crippen LogP contribution in [0.15, 0.2) is 54.9 Å². The number of rotatable bonds is 3. The fourth-order valence-electron chi connectivity index (χ4n) is 1.65. The molecule has 3 rings (SSSR count). The van der Waals surface area contributed by atoms with Gasteiger partial charge >= 0.3 is 6.01 Å². The van der Waals surface area contributed by atoms with Gasteiger partial charge in [0, 0.05) is 18.0 Å². The molecular formula is C15H12N4O. The topological polar surface area (TPSA) is 60.8 Å². The zero-order valence-electron chi connectivity index (χ0n) is 10.9. The van der Waals surface area contributed by atoms with E-state index in [2.05, 4.69) is 20.2 Å². The van der Waals surface area contributed by atoms with E-state index in [1.54, 1.807) is 12.4 Å². The molecule has 1 aromatic carbocycles. The van der Waals surface area contributed by atoms with Crippen molar-refractivity contribution in [2.45, 2.75) is 6.92 Å². The average Bonchev–Trinajstić information content (AvgIpc) is 2.50. The number of hydrogen-bond acceptors (Lipinski definition) is 5. The second kappa shape index (κ2) is 5.44. The highest BCUT2D eigenvalue weighted by Gasteiger charge is 2.04. The monoisotopic (exact) mass is 264 g/mol. The van der Waals surface area contributed by atoms with E-state index in [4.69, 9.17) is 4.74 Å². The number of ether oxygens (including phenoxy) is 1. The second-order valence-corrected chi connectivity index (χ2v) is 4.23. The fraction of sp³-hybridized carbons (Fsp3) is 0.0667. The number of hydrogen-bond donors (Lipinski definition) is 0. The van der Waals surface area contributed by atoms with Gasteiger partial charge in [-0.05, 0) is 31.2 Å². The molecule has 0 amide bonds. The summed E-state index contributed by atoms with van der Waals surface area (Å²) in [7, 11) is 0. The van der Waals surface area contributed by atoms with Gasteiger partial charge in [0.2, 0.25) is 0 Å². The third-order valence-electron chi connectivity index (χ3n) is 2.67. The van der Waals surface area contributed by atoms with Crippen molar-refractivity contribution in [2.24, 2.45) is 0 Å². The Labute approximate surface area is 116 Å². The normalized spacial score (nSPS) is 10.2. The Morgan fingerprint density at radius 2 is 1.60 bits per heavy atom. The van der Waals surface area contributed by atoms with E-state index >= 15 is 0 Å². The molecule has 0 fully saturated rings. The van der Waals surface area contributed by atoms with Crippen molar-refractivity contribution in [2.75, 3.05) is 0 Å². The number of nitrogens with zero attached hydrogens (tertiary/aromatic N) is 4. The summed E-state index contributed by atoms with van der Waals surface area (Å²) in [6.07, 6.45) is 3.34. The van der Waals surface area contributed by atoms with Crippen molar-refractivity contribution < 1.29 is 4.74 Å². The molecule has 0 aliphatic carbocycles. The predicted octanol–water partition coefficient (Wildman–Crippen LogP) is 3.03. The van der Waals surface area contributed by atoms with E-state index in [1.165, 1.54) is 0 Å². The Kier molecular flexibility index (Phi) is 3.33. The SMILES string of the molecule is Cc1ccc(-c2cnc(Oc3ccccc3)nc2)nn1. The van der Waals surface area contributed by atoms with Gasteiger partial charge in [-0.1, -0.05) is 18.2 Å². The third kappa shape index (κ3) is 2.77. The fourth-order valence-corrected chi connectivity index (χ4v) is 1.65. The van der Waals surface area contributed by atoms with Crippen molar-refractivity contribution in [1.82, 2.24) is 20.2 Å². The lowest BCUT2D eigenvalue weighted by molar-refractivity contribution is 0.442. The molecule has 0 aliphatic heterocycles. The van der Waals surface area contributed by atoms with Crippen LogP contribution in [0.5, 0.6) is 11.8 Å². The first-order valence-corrected chi connectivity index (χ1v) is 6.17. The van der Waals surface area contributed by atoms with Gasteiger partial charge in [-0.3, -0.25) is 0 Å². The van der Waals surface area contributed by atoms with Gasteiger partial charge < -0.3 is 4.74 Å². The van der Waals surface area contributed by atoms with Gasteiger partial charge in [0.05, 0.1) is 11.4 Å². The average molecular weight is 264 g/mol. The highest BCUT2D eigenvalue weighted by molar-refractivity contribution is 5.55. The van der Waals surface area contributed by atoms with Gasteiger partial charge in [-0.2, -0.15) is 10.2 Å². The molecule has 2 heterocycles. The van der Waals surface area contributed by atoms with Crippen LogP contribution in [0.25, 0.3) is 11.3 Å². The van der Waals surface area contributed by atoms with Crippen LogP contribution < -0.4 is 4.74 Å². The number of benzene rings is 1. The molecule has 0 saturated heterocycles. The summed E-state index contributed by atoms with van der Waals surface area (Å²) < 4.78 is 5.53. The van der Waals surface area contributed by atoms with E-state index in [9.17, 15) is 0 Å². The van der Waals surface area contributed by atoms with Crippen LogP contribution in [0.4, 0.5) is 0 Å². The zero-order chi connectivity index (χ0) is 13.8. The van der Waals surface area contributed by atoms with Gasteiger partial charge in [-0.15, -0.1) is 0 Å². The predicted molar refractivity (Wildman–Crippen MR) is 74.3 cm³/mol. The van der Waals surface area contributed by atoms with Crippen LogP contribution in [0, 0.1) is 6.92 Å². The van der Waals surface area contributed by atoms with Crippen molar-refractivity contribution in [3.05, 3.63) is 60.6 Å². The molecule has 0 radical (unpaired) electrons. The first-order chi connectivity index (χ1) is 9.81. The molecule has 0 aliphatic rings. The Morgan fingerprint density at radius 1 is 0.850 bits per heavy atom. The number of aryl methyl sites for hydroxylation is 1. The van der Waals surface area contributed by atoms with E-state index in [0.717, 1.165) is 17.0 Å². The maximum Gasteiger partial charge on any atom is 0.321 e. The quantitative estimate of drug-likeness (QED) is 0.727. The zero-order valence-corrected chi connectivity index (χ0v) is 10.9. The van der Waals surface area contributed by atoms with Gasteiger partial charge in [0.1, 0.15) is 5.75 Å². The molecule has 0 saturated carbocycles. The summed E-state index contributed by atoms with van der Waals surface area (Å²) in [6.45, 7) is 1.89. The Morgan fingerprint density at radius 3 is 2.25 bits per heavy atom. The van der Waals surface area contributed by atoms with Crippen molar-refractivity contribution >= 4 is 0 Å². The Hall–Kier alpha value is -2.82. The molecule has 0 N–H and O–H groups in total. The summed E-state index contributed by atoms with van der Waals surface area (Å²) in [4.78, 5) is 8.34. The van der Waals surface area contributed by atoms with E-state index in [0.29, 0.717) is 11.8 Å². The molecule has 5 nitrogen and oxygen atoms in total. The van der Waals surface area contributed by atoms with Crippen molar-refractivity contribution in [3.8, 4) is 23.0 Å². The lowest BCUT2D eigenvalue weighted by Gasteiger charge is -2.04. The maximum absolute atomic E-state index is 5.53.